The Morgan fingerprint density at radius 2 is 1.62 bits per heavy atom. The zero-order chi connectivity index (χ0) is 23.5. The number of fused-ring (bicyclic) bond motifs is 1. The first-order valence-electron chi connectivity index (χ1n) is 11.3. The molecular formula is C26H25N5O3. The van der Waals surface area contributed by atoms with Crippen molar-refractivity contribution in [2.24, 2.45) is 0 Å². The lowest BCUT2D eigenvalue weighted by atomic mass is 9.89. The number of likely N-dealkylation sites (tertiary alicyclic amines) is 1. The largest absolute Gasteiger partial charge is 0.477 e. The molecule has 8 heteroatoms. The Balaban J connectivity index is 1.42. The molecule has 0 saturated carbocycles. The minimum absolute atomic E-state index is 0.00886. The quantitative estimate of drug-likeness (QED) is 0.455. The molecule has 5 rings (SSSR count). The van der Waals surface area contributed by atoms with Gasteiger partial charge in [-0.3, -0.25) is 4.79 Å². The molecule has 0 radical (unpaired) electrons. The monoisotopic (exact) mass is 455 g/mol. The van der Waals surface area contributed by atoms with E-state index in [0.717, 1.165) is 18.4 Å². The maximum Gasteiger partial charge on any atom is 0.341 e. The highest BCUT2D eigenvalue weighted by molar-refractivity contribution is 6.00. The Morgan fingerprint density at radius 3 is 2.29 bits per heavy atom. The smallest absolute Gasteiger partial charge is 0.341 e. The van der Waals surface area contributed by atoms with Gasteiger partial charge in [0.1, 0.15) is 16.9 Å². The number of carbonyl (C=O) groups excluding carboxylic acids is 1. The van der Waals surface area contributed by atoms with Crippen molar-refractivity contribution in [2.45, 2.75) is 25.3 Å². The minimum atomic E-state index is -1.11. The molecule has 0 bridgehead atoms. The SMILES string of the molecule is O=C(O)c1cnn2c(NCc3ccccc3)c(C(=O)N3CCC(c4ccccc4)CC3)cnc12. The summed E-state index contributed by atoms with van der Waals surface area (Å²) in [5.74, 6) is -0.371. The molecule has 1 aliphatic heterocycles. The van der Waals surface area contributed by atoms with Crippen LogP contribution in [0.15, 0.2) is 73.1 Å². The van der Waals surface area contributed by atoms with Gasteiger partial charge in [-0.25, -0.2) is 9.78 Å². The van der Waals surface area contributed by atoms with Gasteiger partial charge in [-0.1, -0.05) is 60.7 Å². The summed E-state index contributed by atoms with van der Waals surface area (Å²) in [7, 11) is 0. The summed E-state index contributed by atoms with van der Waals surface area (Å²) < 4.78 is 1.41. The number of carboxylic acids is 1. The third-order valence-electron chi connectivity index (χ3n) is 6.34. The van der Waals surface area contributed by atoms with Crippen LogP contribution in [-0.4, -0.2) is 49.6 Å². The number of benzene rings is 2. The molecule has 0 spiro atoms. The van der Waals surface area contributed by atoms with Crippen LogP contribution in [0.4, 0.5) is 5.82 Å². The van der Waals surface area contributed by atoms with Gasteiger partial charge in [0.05, 0.1) is 6.20 Å². The Bertz CT molecular complexity index is 1310. The van der Waals surface area contributed by atoms with Gasteiger partial charge in [-0.15, -0.1) is 0 Å². The molecule has 1 amide bonds. The number of amides is 1. The lowest BCUT2D eigenvalue weighted by Crippen LogP contribution is -2.38. The van der Waals surface area contributed by atoms with Crippen LogP contribution in [0.5, 0.6) is 0 Å². The number of aromatic nitrogens is 3. The van der Waals surface area contributed by atoms with Gasteiger partial charge in [-0.05, 0) is 29.9 Å². The zero-order valence-corrected chi connectivity index (χ0v) is 18.6. The third kappa shape index (κ3) is 4.22. The number of aromatic carboxylic acids is 1. The highest BCUT2D eigenvalue weighted by Crippen LogP contribution is 2.29. The predicted molar refractivity (Wildman–Crippen MR) is 128 cm³/mol. The van der Waals surface area contributed by atoms with E-state index in [1.165, 1.54) is 22.5 Å². The summed E-state index contributed by atoms with van der Waals surface area (Å²) in [5.41, 5.74) is 2.90. The van der Waals surface area contributed by atoms with E-state index in [4.69, 9.17) is 0 Å². The molecule has 3 heterocycles. The maximum atomic E-state index is 13.5. The second-order valence-corrected chi connectivity index (χ2v) is 8.44. The molecule has 4 aromatic rings. The van der Waals surface area contributed by atoms with E-state index in [2.05, 4.69) is 27.5 Å². The molecule has 1 fully saturated rings. The first kappa shape index (κ1) is 21.6. The van der Waals surface area contributed by atoms with Crippen LogP contribution in [0.25, 0.3) is 5.65 Å². The molecule has 34 heavy (non-hydrogen) atoms. The average molecular weight is 456 g/mol. The van der Waals surface area contributed by atoms with E-state index in [1.807, 2.05) is 53.4 Å². The first-order chi connectivity index (χ1) is 16.6. The molecule has 1 aliphatic rings. The van der Waals surface area contributed by atoms with Crippen molar-refractivity contribution in [2.75, 3.05) is 18.4 Å². The van der Waals surface area contributed by atoms with Crippen molar-refractivity contribution in [1.29, 1.82) is 0 Å². The minimum Gasteiger partial charge on any atom is -0.477 e. The van der Waals surface area contributed by atoms with Gasteiger partial charge in [0, 0.05) is 25.8 Å². The van der Waals surface area contributed by atoms with E-state index in [1.54, 1.807) is 0 Å². The molecule has 172 valence electrons. The number of carbonyl (C=O) groups is 2. The molecule has 2 N–H and O–H groups in total. The fraction of sp³-hybridized carbons (Fsp3) is 0.231. The first-order valence-corrected chi connectivity index (χ1v) is 11.3. The van der Waals surface area contributed by atoms with Crippen molar-refractivity contribution in [3.63, 3.8) is 0 Å². The molecule has 0 unspecified atom stereocenters. The third-order valence-corrected chi connectivity index (χ3v) is 6.34. The highest BCUT2D eigenvalue weighted by Gasteiger charge is 2.28. The lowest BCUT2D eigenvalue weighted by molar-refractivity contribution is 0.0695. The summed E-state index contributed by atoms with van der Waals surface area (Å²) in [6, 6.07) is 20.2. The van der Waals surface area contributed by atoms with E-state index >= 15 is 0 Å². The van der Waals surface area contributed by atoms with Crippen molar-refractivity contribution < 1.29 is 14.7 Å². The van der Waals surface area contributed by atoms with Crippen molar-refractivity contribution in [1.82, 2.24) is 19.5 Å². The van der Waals surface area contributed by atoms with Crippen LogP contribution in [0.2, 0.25) is 0 Å². The molecule has 2 aromatic heterocycles. The summed E-state index contributed by atoms with van der Waals surface area (Å²) in [4.78, 5) is 31.3. The number of anilines is 1. The number of nitrogens with one attached hydrogen (secondary N) is 1. The normalized spacial score (nSPS) is 14.3. The van der Waals surface area contributed by atoms with Crippen LogP contribution >= 0.6 is 0 Å². The fourth-order valence-corrected chi connectivity index (χ4v) is 4.50. The van der Waals surface area contributed by atoms with E-state index in [0.29, 0.717) is 36.9 Å². The summed E-state index contributed by atoms with van der Waals surface area (Å²) in [6.45, 7) is 1.75. The Morgan fingerprint density at radius 1 is 0.941 bits per heavy atom. The van der Waals surface area contributed by atoms with Crippen LogP contribution in [0, 0.1) is 0 Å². The topological polar surface area (TPSA) is 99.8 Å². The fourth-order valence-electron chi connectivity index (χ4n) is 4.50. The number of hydrogen-bond acceptors (Lipinski definition) is 5. The molecule has 2 aromatic carbocycles. The predicted octanol–water partition coefficient (Wildman–Crippen LogP) is 4.06. The molecule has 0 aliphatic carbocycles. The molecule has 0 atom stereocenters. The summed E-state index contributed by atoms with van der Waals surface area (Å²) >= 11 is 0. The number of nitrogens with zero attached hydrogens (tertiary/aromatic N) is 4. The second kappa shape index (κ2) is 9.35. The average Bonchev–Trinajstić information content (AvgIpc) is 3.33. The van der Waals surface area contributed by atoms with Crippen molar-refractivity contribution in [3.8, 4) is 0 Å². The van der Waals surface area contributed by atoms with Crippen molar-refractivity contribution in [3.05, 3.63) is 95.3 Å². The van der Waals surface area contributed by atoms with Gasteiger partial charge in [0.25, 0.3) is 5.91 Å². The van der Waals surface area contributed by atoms with Gasteiger partial charge in [-0.2, -0.15) is 9.61 Å². The highest BCUT2D eigenvalue weighted by atomic mass is 16.4. The Kier molecular flexibility index (Phi) is 5.95. The van der Waals surface area contributed by atoms with Gasteiger partial charge in [0.15, 0.2) is 5.65 Å². The van der Waals surface area contributed by atoms with Crippen molar-refractivity contribution >= 4 is 23.3 Å². The van der Waals surface area contributed by atoms with E-state index < -0.39 is 5.97 Å². The van der Waals surface area contributed by atoms with Gasteiger partial charge >= 0.3 is 5.97 Å². The summed E-state index contributed by atoms with van der Waals surface area (Å²) in [5, 5.41) is 17.0. The Labute approximate surface area is 196 Å². The zero-order valence-electron chi connectivity index (χ0n) is 18.6. The molecule has 8 nitrogen and oxygen atoms in total. The van der Waals surface area contributed by atoms with Gasteiger partial charge in [0.2, 0.25) is 0 Å². The van der Waals surface area contributed by atoms with Gasteiger partial charge < -0.3 is 15.3 Å². The lowest BCUT2D eigenvalue weighted by Gasteiger charge is -2.32. The number of carboxylic acid groups (broad SMARTS) is 1. The number of rotatable bonds is 6. The Hall–Kier alpha value is -4.20. The van der Waals surface area contributed by atoms with Crippen LogP contribution in [0.3, 0.4) is 0 Å². The van der Waals surface area contributed by atoms with Crippen LogP contribution < -0.4 is 5.32 Å². The standard InChI is InChI=1S/C26H25N5O3/c32-25(30-13-11-20(12-14-30)19-9-5-2-6-10-19)21-16-28-24-22(26(33)34)17-29-31(24)23(21)27-15-18-7-3-1-4-8-18/h1-10,16-17,20,27H,11-15H2,(H,33,34). The van der Waals surface area contributed by atoms with E-state index in [-0.39, 0.29) is 17.1 Å². The van der Waals surface area contributed by atoms with Crippen LogP contribution in [0.1, 0.15) is 50.6 Å². The maximum absolute atomic E-state index is 13.5. The van der Waals surface area contributed by atoms with E-state index in [9.17, 15) is 14.7 Å². The molecular weight excluding hydrogens is 430 g/mol. The molecule has 1 saturated heterocycles. The number of piperidine rings is 1. The van der Waals surface area contributed by atoms with Crippen LogP contribution in [-0.2, 0) is 6.54 Å². The number of hydrogen-bond donors (Lipinski definition) is 2. The summed E-state index contributed by atoms with van der Waals surface area (Å²) in [6.07, 6.45) is 4.51. The second-order valence-electron chi connectivity index (χ2n) is 8.44.